The van der Waals surface area contributed by atoms with Crippen molar-refractivity contribution < 1.29 is 4.79 Å². The SMILES string of the molecule is Cc1cccc(C(=O)Nc2c(C)cccc2C)c1. The highest BCUT2D eigenvalue weighted by Gasteiger charge is 2.09. The summed E-state index contributed by atoms with van der Waals surface area (Å²) in [4.78, 5) is 12.2. The van der Waals surface area contributed by atoms with Gasteiger partial charge in [0.15, 0.2) is 0 Å². The van der Waals surface area contributed by atoms with Crippen LogP contribution in [0.15, 0.2) is 42.5 Å². The van der Waals surface area contributed by atoms with Gasteiger partial charge in [-0.1, -0.05) is 35.9 Å². The first-order valence-corrected chi connectivity index (χ1v) is 6.02. The minimum Gasteiger partial charge on any atom is -0.322 e. The highest BCUT2D eigenvalue weighted by Crippen LogP contribution is 2.20. The van der Waals surface area contributed by atoms with E-state index < -0.39 is 0 Å². The molecule has 2 heteroatoms. The molecule has 0 aliphatic carbocycles. The van der Waals surface area contributed by atoms with E-state index in [1.54, 1.807) is 0 Å². The number of benzene rings is 2. The Morgan fingerprint density at radius 3 is 2.17 bits per heavy atom. The molecule has 1 amide bonds. The van der Waals surface area contributed by atoms with E-state index in [2.05, 4.69) is 5.32 Å². The Morgan fingerprint density at radius 2 is 1.56 bits per heavy atom. The molecule has 2 aromatic carbocycles. The van der Waals surface area contributed by atoms with E-state index in [9.17, 15) is 4.79 Å². The van der Waals surface area contributed by atoms with Crippen LogP contribution in [-0.2, 0) is 0 Å². The third kappa shape index (κ3) is 2.59. The number of nitrogens with one attached hydrogen (secondary N) is 1. The molecule has 0 saturated carbocycles. The minimum atomic E-state index is -0.0592. The fraction of sp³-hybridized carbons (Fsp3) is 0.188. The minimum absolute atomic E-state index is 0.0592. The highest BCUT2D eigenvalue weighted by atomic mass is 16.1. The van der Waals surface area contributed by atoms with Crippen molar-refractivity contribution in [1.29, 1.82) is 0 Å². The van der Waals surface area contributed by atoms with Gasteiger partial charge < -0.3 is 5.32 Å². The van der Waals surface area contributed by atoms with Crippen LogP contribution in [0.2, 0.25) is 0 Å². The third-order valence-electron chi connectivity index (χ3n) is 3.00. The maximum absolute atomic E-state index is 12.2. The number of para-hydroxylation sites is 1. The van der Waals surface area contributed by atoms with Gasteiger partial charge >= 0.3 is 0 Å². The summed E-state index contributed by atoms with van der Waals surface area (Å²) in [6.45, 7) is 5.98. The molecule has 0 spiro atoms. The molecule has 0 radical (unpaired) electrons. The van der Waals surface area contributed by atoms with E-state index in [1.165, 1.54) is 0 Å². The van der Waals surface area contributed by atoms with Crippen LogP contribution in [-0.4, -0.2) is 5.91 Å². The second-order valence-electron chi connectivity index (χ2n) is 4.59. The normalized spacial score (nSPS) is 10.2. The van der Waals surface area contributed by atoms with Crippen LogP contribution in [0.4, 0.5) is 5.69 Å². The van der Waals surface area contributed by atoms with E-state index in [1.807, 2.05) is 63.2 Å². The Balaban J connectivity index is 2.27. The van der Waals surface area contributed by atoms with Crippen LogP contribution in [0, 0.1) is 20.8 Å². The smallest absolute Gasteiger partial charge is 0.255 e. The number of rotatable bonds is 2. The van der Waals surface area contributed by atoms with Crippen molar-refractivity contribution in [2.75, 3.05) is 5.32 Å². The largest absolute Gasteiger partial charge is 0.322 e. The van der Waals surface area contributed by atoms with Crippen molar-refractivity contribution in [2.24, 2.45) is 0 Å². The van der Waals surface area contributed by atoms with Gasteiger partial charge in [0, 0.05) is 11.3 Å². The summed E-state index contributed by atoms with van der Waals surface area (Å²) in [5.74, 6) is -0.0592. The summed E-state index contributed by atoms with van der Waals surface area (Å²) in [5, 5.41) is 2.98. The molecule has 2 rings (SSSR count). The molecular formula is C16H17NO. The number of hydrogen-bond acceptors (Lipinski definition) is 1. The first-order valence-electron chi connectivity index (χ1n) is 6.02. The van der Waals surface area contributed by atoms with Gasteiger partial charge in [0.1, 0.15) is 0 Å². The fourth-order valence-corrected chi connectivity index (χ4v) is 1.98. The molecule has 92 valence electrons. The van der Waals surface area contributed by atoms with Crippen molar-refractivity contribution in [3.05, 3.63) is 64.7 Å². The summed E-state index contributed by atoms with van der Waals surface area (Å²) in [6.07, 6.45) is 0. The standard InChI is InChI=1S/C16H17NO/c1-11-6-4-9-14(10-11)16(18)17-15-12(2)7-5-8-13(15)3/h4-10H,1-3H3,(H,17,18). The van der Waals surface area contributed by atoms with Crippen LogP contribution in [0.25, 0.3) is 0 Å². The van der Waals surface area contributed by atoms with Crippen molar-refractivity contribution in [2.45, 2.75) is 20.8 Å². The number of hydrogen-bond donors (Lipinski definition) is 1. The second kappa shape index (κ2) is 5.05. The van der Waals surface area contributed by atoms with Gasteiger partial charge in [-0.05, 0) is 44.0 Å². The molecule has 2 nitrogen and oxygen atoms in total. The van der Waals surface area contributed by atoms with E-state index in [0.717, 1.165) is 22.4 Å². The summed E-state index contributed by atoms with van der Waals surface area (Å²) >= 11 is 0. The highest BCUT2D eigenvalue weighted by molar-refractivity contribution is 6.05. The van der Waals surface area contributed by atoms with Gasteiger partial charge in [0.25, 0.3) is 5.91 Å². The lowest BCUT2D eigenvalue weighted by Gasteiger charge is -2.11. The lowest BCUT2D eigenvalue weighted by Crippen LogP contribution is -2.13. The number of anilines is 1. The number of aryl methyl sites for hydroxylation is 3. The van der Waals surface area contributed by atoms with Crippen molar-refractivity contribution in [3.63, 3.8) is 0 Å². The Bertz CT molecular complexity index is 567. The molecule has 0 bridgehead atoms. The first kappa shape index (κ1) is 12.4. The maximum Gasteiger partial charge on any atom is 0.255 e. The average Bonchev–Trinajstić information content (AvgIpc) is 2.34. The molecule has 0 heterocycles. The van der Waals surface area contributed by atoms with Crippen LogP contribution in [0.3, 0.4) is 0 Å². The van der Waals surface area contributed by atoms with E-state index in [-0.39, 0.29) is 5.91 Å². The lowest BCUT2D eigenvalue weighted by molar-refractivity contribution is 0.102. The lowest BCUT2D eigenvalue weighted by atomic mass is 10.1. The zero-order chi connectivity index (χ0) is 13.1. The summed E-state index contributed by atoms with van der Waals surface area (Å²) in [6, 6.07) is 13.6. The quantitative estimate of drug-likeness (QED) is 0.847. The predicted octanol–water partition coefficient (Wildman–Crippen LogP) is 3.86. The Morgan fingerprint density at radius 1 is 0.944 bits per heavy atom. The Hall–Kier alpha value is -2.09. The van der Waals surface area contributed by atoms with Crippen molar-refractivity contribution in [1.82, 2.24) is 0 Å². The van der Waals surface area contributed by atoms with Gasteiger partial charge in [-0.25, -0.2) is 0 Å². The topological polar surface area (TPSA) is 29.1 Å². The molecule has 0 atom stereocenters. The summed E-state index contributed by atoms with van der Waals surface area (Å²) < 4.78 is 0. The first-order chi connectivity index (χ1) is 8.58. The van der Waals surface area contributed by atoms with Gasteiger partial charge in [-0.15, -0.1) is 0 Å². The van der Waals surface area contributed by atoms with Gasteiger partial charge in [-0.2, -0.15) is 0 Å². The molecule has 18 heavy (non-hydrogen) atoms. The molecule has 0 aromatic heterocycles. The molecule has 1 N–H and O–H groups in total. The zero-order valence-corrected chi connectivity index (χ0v) is 10.9. The van der Waals surface area contributed by atoms with E-state index >= 15 is 0 Å². The van der Waals surface area contributed by atoms with E-state index in [0.29, 0.717) is 5.56 Å². The van der Waals surface area contributed by atoms with Crippen LogP contribution in [0.5, 0.6) is 0 Å². The third-order valence-corrected chi connectivity index (χ3v) is 3.00. The predicted molar refractivity (Wildman–Crippen MR) is 75.0 cm³/mol. The molecule has 0 fully saturated rings. The van der Waals surface area contributed by atoms with Gasteiger partial charge in [-0.3, -0.25) is 4.79 Å². The van der Waals surface area contributed by atoms with Gasteiger partial charge in [0.05, 0.1) is 0 Å². The number of carbonyl (C=O) groups excluding carboxylic acids is 1. The molecule has 2 aromatic rings. The Labute approximate surface area is 108 Å². The zero-order valence-electron chi connectivity index (χ0n) is 10.9. The van der Waals surface area contributed by atoms with Crippen LogP contribution < -0.4 is 5.32 Å². The second-order valence-corrected chi connectivity index (χ2v) is 4.59. The van der Waals surface area contributed by atoms with Crippen molar-refractivity contribution >= 4 is 11.6 Å². The monoisotopic (exact) mass is 239 g/mol. The van der Waals surface area contributed by atoms with Crippen molar-refractivity contribution in [3.8, 4) is 0 Å². The summed E-state index contributed by atoms with van der Waals surface area (Å²) in [5.41, 5.74) is 4.85. The van der Waals surface area contributed by atoms with E-state index in [4.69, 9.17) is 0 Å². The van der Waals surface area contributed by atoms with Crippen LogP contribution in [0.1, 0.15) is 27.0 Å². The molecular weight excluding hydrogens is 222 g/mol. The summed E-state index contributed by atoms with van der Waals surface area (Å²) in [7, 11) is 0. The number of amides is 1. The van der Waals surface area contributed by atoms with Gasteiger partial charge in [0.2, 0.25) is 0 Å². The fourth-order valence-electron chi connectivity index (χ4n) is 1.98. The Kier molecular flexibility index (Phi) is 3.47. The average molecular weight is 239 g/mol. The molecule has 0 aliphatic heterocycles. The molecule has 0 saturated heterocycles. The number of carbonyl (C=O) groups is 1. The van der Waals surface area contributed by atoms with Crippen LogP contribution >= 0.6 is 0 Å². The molecule has 0 aliphatic rings. The maximum atomic E-state index is 12.2. The molecule has 0 unspecified atom stereocenters.